The van der Waals surface area contributed by atoms with Gasteiger partial charge in [-0.1, -0.05) is 29.8 Å². The predicted octanol–water partition coefficient (Wildman–Crippen LogP) is 4.60. The van der Waals surface area contributed by atoms with Crippen molar-refractivity contribution in [2.75, 3.05) is 31.1 Å². The molecule has 7 rings (SSSR count). The van der Waals surface area contributed by atoms with Crippen LogP contribution in [0, 0.1) is 11.8 Å². The van der Waals surface area contributed by atoms with Crippen LogP contribution in [0.4, 0.5) is 5.69 Å². The highest BCUT2D eigenvalue weighted by molar-refractivity contribution is 7.87. The zero-order valence-electron chi connectivity index (χ0n) is 23.7. The molecular weight excluding hydrogens is 574 g/mol. The Balaban J connectivity index is 1.29. The molecule has 1 saturated heterocycles. The minimum Gasteiger partial charge on any atom is -0.490 e. The number of aryl methyl sites for hydroxylation is 1. The molecule has 224 valence electrons. The van der Waals surface area contributed by atoms with Crippen molar-refractivity contribution < 1.29 is 23.1 Å². The number of nitrogens with zero attached hydrogens (tertiary/aromatic N) is 2. The topological polar surface area (TPSA) is 99.2 Å². The van der Waals surface area contributed by atoms with Crippen LogP contribution in [0.1, 0.15) is 66.4 Å². The fourth-order valence-corrected chi connectivity index (χ4v) is 9.54. The van der Waals surface area contributed by atoms with Gasteiger partial charge in [-0.05, 0) is 105 Å². The average Bonchev–Trinajstić information content (AvgIpc) is 3.37. The van der Waals surface area contributed by atoms with Gasteiger partial charge in [0.05, 0.1) is 18.4 Å². The minimum absolute atomic E-state index is 0.130. The Morgan fingerprint density at radius 2 is 1.98 bits per heavy atom. The number of carbonyl (C=O) groups is 1. The SMILES string of the molecule is O=C1NS(=O)(=O)N2CCC[C@H]2C/C=C/[C@H](O)[C@@H]2CC[C@H]2CN2C[C@@]3(CCCc4cc(Cl)ccc43)COc3ccc1cc32. The van der Waals surface area contributed by atoms with Crippen molar-refractivity contribution in [2.45, 2.75) is 68.9 Å². The number of aliphatic hydroxyl groups excluding tert-OH is 1. The van der Waals surface area contributed by atoms with Crippen molar-refractivity contribution >= 4 is 33.4 Å². The van der Waals surface area contributed by atoms with Crippen molar-refractivity contribution in [2.24, 2.45) is 11.8 Å². The van der Waals surface area contributed by atoms with Gasteiger partial charge in [0.2, 0.25) is 0 Å². The lowest BCUT2D eigenvalue weighted by molar-refractivity contribution is 0.0455. The number of benzene rings is 2. The highest BCUT2D eigenvalue weighted by Crippen LogP contribution is 2.46. The number of hydrogen-bond donors (Lipinski definition) is 2. The monoisotopic (exact) mass is 611 g/mol. The lowest BCUT2D eigenvalue weighted by Gasteiger charge is -2.45. The van der Waals surface area contributed by atoms with Crippen LogP contribution in [0.2, 0.25) is 5.02 Å². The Morgan fingerprint density at radius 3 is 2.81 bits per heavy atom. The first-order chi connectivity index (χ1) is 20.2. The molecule has 1 amide bonds. The molecule has 3 heterocycles. The van der Waals surface area contributed by atoms with E-state index in [-0.39, 0.29) is 28.9 Å². The largest absolute Gasteiger partial charge is 0.490 e. The number of anilines is 1. The molecule has 1 saturated carbocycles. The number of halogens is 1. The van der Waals surface area contributed by atoms with Crippen LogP contribution in [-0.4, -0.2) is 62.1 Å². The van der Waals surface area contributed by atoms with Gasteiger partial charge in [0.15, 0.2) is 0 Å². The highest BCUT2D eigenvalue weighted by atomic mass is 35.5. The molecule has 8 nitrogen and oxygen atoms in total. The fraction of sp³-hybridized carbons (Fsp3) is 0.531. The summed E-state index contributed by atoms with van der Waals surface area (Å²) in [6, 6.07) is 11.2. The molecule has 2 fully saturated rings. The first-order valence-electron chi connectivity index (χ1n) is 15.2. The fourth-order valence-electron chi connectivity index (χ4n) is 7.92. The normalized spacial score (nSPS) is 33.3. The Kier molecular flexibility index (Phi) is 7.28. The summed E-state index contributed by atoms with van der Waals surface area (Å²) in [7, 11) is -4.03. The van der Waals surface area contributed by atoms with Gasteiger partial charge < -0.3 is 14.7 Å². The van der Waals surface area contributed by atoms with E-state index in [1.54, 1.807) is 18.2 Å². The second-order valence-electron chi connectivity index (χ2n) is 12.8. The molecule has 3 aliphatic heterocycles. The second-order valence-corrected chi connectivity index (χ2v) is 14.8. The number of carbonyl (C=O) groups excluding carboxylic acids is 1. The molecule has 1 spiro atoms. The van der Waals surface area contributed by atoms with Gasteiger partial charge in [-0.3, -0.25) is 4.79 Å². The first-order valence-corrected chi connectivity index (χ1v) is 17.0. The van der Waals surface area contributed by atoms with Crippen molar-refractivity contribution in [3.8, 4) is 5.75 Å². The number of ether oxygens (including phenoxy) is 1. The lowest BCUT2D eigenvalue weighted by atomic mass is 9.68. The van der Waals surface area contributed by atoms with Crippen LogP contribution in [0.15, 0.2) is 48.6 Å². The van der Waals surface area contributed by atoms with Crippen LogP contribution in [0.25, 0.3) is 0 Å². The Hall–Kier alpha value is -2.59. The summed E-state index contributed by atoms with van der Waals surface area (Å²) in [4.78, 5) is 15.7. The molecule has 2 aliphatic carbocycles. The molecule has 5 aliphatic rings. The molecule has 2 aromatic carbocycles. The number of fused-ring (bicyclic) bond motifs is 5. The van der Waals surface area contributed by atoms with Crippen molar-refractivity contribution in [1.82, 2.24) is 9.03 Å². The van der Waals surface area contributed by atoms with E-state index in [9.17, 15) is 18.3 Å². The van der Waals surface area contributed by atoms with Crippen LogP contribution in [0.5, 0.6) is 5.75 Å². The summed E-state index contributed by atoms with van der Waals surface area (Å²) in [6.45, 7) is 2.29. The van der Waals surface area contributed by atoms with Crippen LogP contribution in [-0.2, 0) is 22.0 Å². The zero-order valence-corrected chi connectivity index (χ0v) is 25.2. The number of rotatable bonds is 0. The van der Waals surface area contributed by atoms with Gasteiger partial charge in [-0.2, -0.15) is 12.7 Å². The molecule has 0 unspecified atom stereocenters. The molecule has 0 aromatic heterocycles. The van der Waals surface area contributed by atoms with Gasteiger partial charge in [0.1, 0.15) is 5.75 Å². The molecule has 2 bridgehead atoms. The van der Waals surface area contributed by atoms with Gasteiger partial charge in [0.25, 0.3) is 5.91 Å². The highest BCUT2D eigenvalue weighted by Gasteiger charge is 2.44. The molecule has 5 atom stereocenters. The second kappa shape index (κ2) is 10.8. The van der Waals surface area contributed by atoms with Gasteiger partial charge in [-0.25, -0.2) is 4.72 Å². The van der Waals surface area contributed by atoms with E-state index < -0.39 is 22.2 Å². The number of hydrogen-bond acceptors (Lipinski definition) is 6. The Labute approximate surface area is 252 Å². The van der Waals surface area contributed by atoms with Gasteiger partial charge in [-0.15, -0.1) is 0 Å². The summed E-state index contributed by atoms with van der Waals surface area (Å²) in [5, 5.41) is 11.9. The molecule has 42 heavy (non-hydrogen) atoms. The molecule has 0 radical (unpaired) electrons. The third kappa shape index (κ3) is 5.02. The van der Waals surface area contributed by atoms with E-state index in [0.29, 0.717) is 31.9 Å². The number of nitrogens with one attached hydrogen (secondary N) is 1. The van der Waals surface area contributed by atoms with Crippen molar-refractivity contribution in [3.63, 3.8) is 0 Å². The van der Waals surface area contributed by atoms with E-state index in [4.69, 9.17) is 16.3 Å². The van der Waals surface area contributed by atoms with Crippen LogP contribution in [0.3, 0.4) is 0 Å². The third-order valence-corrected chi connectivity index (χ3v) is 12.0. The minimum atomic E-state index is -4.03. The van der Waals surface area contributed by atoms with Gasteiger partial charge in [0, 0.05) is 41.7 Å². The third-order valence-electron chi connectivity index (χ3n) is 10.3. The standard InChI is InChI=1S/C32H38ClN3O5S/c33-24-10-12-27-21(16-24)4-2-14-32(27)19-35-18-23-8-11-26(23)29(37)7-1-5-25-6-3-15-36(25)42(39,40)34-31(38)22-9-13-30(41-20-32)28(35)17-22/h1,7,9-10,12-13,16-17,23,25-26,29,37H,2-6,8,11,14-15,18-20H2,(H,34,38)/b7-1+/t23-,25+,26+,29-,32-/m0/s1. The van der Waals surface area contributed by atoms with E-state index in [1.165, 1.54) is 15.4 Å². The predicted molar refractivity (Wildman–Crippen MR) is 162 cm³/mol. The van der Waals surface area contributed by atoms with Gasteiger partial charge >= 0.3 is 10.2 Å². The maximum atomic E-state index is 13.4. The Bertz CT molecular complexity index is 1530. The quantitative estimate of drug-likeness (QED) is 0.423. The molecular formula is C32H38ClN3O5S. The maximum Gasteiger partial charge on any atom is 0.304 e. The number of aliphatic hydroxyl groups is 1. The van der Waals surface area contributed by atoms with E-state index in [0.717, 1.165) is 62.2 Å². The molecule has 10 heteroatoms. The summed E-state index contributed by atoms with van der Waals surface area (Å²) in [6.07, 6.45) is 10.1. The van der Waals surface area contributed by atoms with Crippen LogP contribution < -0.4 is 14.4 Å². The zero-order chi connectivity index (χ0) is 29.1. The number of amides is 1. The van der Waals surface area contributed by atoms with E-state index in [2.05, 4.69) is 21.8 Å². The smallest absolute Gasteiger partial charge is 0.304 e. The van der Waals surface area contributed by atoms with Crippen molar-refractivity contribution in [1.29, 1.82) is 0 Å². The van der Waals surface area contributed by atoms with Crippen LogP contribution >= 0.6 is 11.6 Å². The van der Waals surface area contributed by atoms with Crippen molar-refractivity contribution in [3.05, 3.63) is 70.3 Å². The first kappa shape index (κ1) is 28.2. The summed E-state index contributed by atoms with van der Waals surface area (Å²) < 4.78 is 36.9. The average molecular weight is 612 g/mol. The Morgan fingerprint density at radius 1 is 1.10 bits per heavy atom. The summed E-state index contributed by atoms with van der Waals surface area (Å²) in [5.41, 5.74) is 3.33. The van der Waals surface area contributed by atoms with E-state index >= 15 is 0 Å². The maximum absolute atomic E-state index is 13.4. The molecule has 2 aromatic rings. The lowest BCUT2D eigenvalue weighted by Crippen LogP contribution is -2.49. The molecule has 2 N–H and O–H groups in total. The summed E-state index contributed by atoms with van der Waals surface area (Å²) in [5.74, 6) is 0.462. The van der Waals surface area contributed by atoms with E-state index in [1.807, 2.05) is 18.2 Å². The summed E-state index contributed by atoms with van der Waals surface area (Å²) >= 11 is 6.39.